The van der Waals surface area contributed by atoms with Crippen LogP contribution < -0.4 is 10.6 Å². The quantitative estimate of drug-likeness (QED) is 0.808. The van der Waals surface area contributed by atoms with Gasteiger partial charge in [0.2, 0.25) is 11.7 Å². The van der Waals surface area contributed by atoms with Gasteiger partial charge in [0.25, 0.3) is 0 Å². The first-order valence-corrected chi connectivity index (χ1v) is 7.78. The van der Waals surface area contributed by atoms with Crippen molar-refractivity contribution in [2.45, 2.75) is 19.3 Å². The molecule has 24 heavy (non-hydrogen) atoms. The summed E-state index contributed by atoms with van der Waals surface area (Å²) in [5, 5.41) is 6.95. The number of methoxy groups -OCH3 is 1. The zero-order valence-electron chi connectivity index (χ0n) is 13.5. The maximum Gasteiger partial charge on any atom is 0.373 e. The van der Waals surface area contributed by atoms with E-state index in [-0.39, 0.29) is 24.1 Å². The predicted molar refractivity (Wildman–Crippen MR) is 93.6 cm³/mol. The Morgan fingerprint density at radius 1 is 1.38 bits per heavy atom. The van der Waals surface area contributed by atoms with Crippen molar-refractivity contribution in [3.05, 3.63) is 30.0 Å². The normalized spacial score (nSPS) is 16.6. The van der Waals surface area contributed by atoms with E-state index in [1.165, 1.54) is 7.11 Å². The summed E-state index contributed by atoms with van der Waals surface area (Å²) in [5.74, 6) is 0.240. The molecule has 2 aromatic rings. The Morgan fingerprint density at radius 3 is 2.92 bits per heavy atom. The maximum absolute atomic E-state index is 12.0. The van der Waals surface area contributed by atoms with Gasteiger partial charge >= 0.3 is 5.97 Å². The highest BCUT2D eigenvalue weighted by atomic mass is 35.5. The number of nitrogens with one attached hydrogen (secondary N) is 2. The molecule has 1 atom stereocenters. The van der Waals surface area contributed by atoms with E-state index < -0.39 is 5.97 Å². The van der Waals surface area contributed by atoms with Crippen molar-refractivity contribution in [3.63, 3.8) is 0 Å². The molecule has 1 amide bonds. The van der Waals surface area contributed by atoms with Crippen LogP contribution in [0.15, 0.2) is 28.7 Å². The third kappa shape index (κ3) is 4.27. The highest BCUT2D eigenvalue weighted by Gasteiger charge is 2.16. The van der Waals surface area contributed by atoms with Crippen molar-refractivity contribution < 1.29 is 18.7 Å². The number of hydrogen-bond donors (Lipinski definition) is 2. The second-order valence-electron chi connectivity index (χ2n) is 5.80. The third-order valence-electron chi connectivity index (χ3n) is 4.13. The van der Waals surface area contributed by atoms with E-state index >= 15 is 0 Å². The maximum atomic E-state index is 12.0. The summed E-state index contributed by atoms with van der Waals surface area (Å²) in [6, 6.07) is 6.90. The molecule has 0 spiro atoms. The van der Waals surface area contributed by atoms with Gasteiger partial charge < -0.3 is 19.8 Å². The molecule has 1 aliphatic heterocycles. The molecular weight excluding hydrogens is 332 g/mol. The second kappa shape index (κ2) is 8.17. The molecule has 1 saturated heterocycles. The van der Waals surface area contributed by atoms with Gasteiger partial charge in [0, 0.05) is 17.5 Å². The molecule has 1 aliphatic rings. The van der Waals surface area contributed by atoms with Gasteiger partial charge in [-0.1, -0.05) is 0 Å². The molecule has 1 aromatic heterocycles. The van der Waals surface area contributed by atoms with E-state index in [2.05, 4.69) is 15.4 Å². The highest BCUT2D eigenvalue weighted by Crippen LogP contribution is 2.24. The van der Waals surface area contributed by atoms with Gasteiger partial charge in [-0.2, -0.15) is 0 Å². The summed E-state index contributed by atoms with van der Waals surface area (Å²) in [7, 11) is 1.31. The minimum absolute atomic E-state index is 0. The summed E-state index contributed by atoms with van der Waals surface area (Å²) in [6.07, 6.45) is 2.56. The van der Waals surface area contributed by atoms with E-state index in [1.54, 1.807) is 24.3 Å². The lowest BCUT2D eigenvalue weighted by Gasteiger charge is -2.08. The first kappa shape index (κ1) is 18.3. The first-order valence-electron chi connectivity index (χ1n) is 7.78. The smallest absolute Gasteiger partial charge is 0.373 e. The minimum Gasteiger partial charge on any atom is -0.463 e. The molecule has 1 fully saturated rings. The van der Waals surface area contributed by atoms with E-state index in [9.17, 15) is 9.59 Å². The summed E-state index contributed by atoms with van der Waals surface area (Å²) >= 11 is 0. The summed E-state index contributed by atoms with van der Waals surface area (Å²) in [5.41, 5.74) is 1.28. The molecule has 2 N–H and O–H groups in total. The zero-order valence-corrected chi connectivity index (χ0v) is 14.3. The lowest BCUT2D eigenvalue weighted by molar-refractivity contribution is -0.116. The molecule has 0 bridgehead atoms. The summed E-state index contributed by atoms with van der Waals surface area (Å²) in [6.45, 7) is 2.05. The van der Waals surface area contributed by atoms with Crippen LogP contribution in [0.3, 0.4) is 0 Å². The largest absolute Gasteiger partial charge is 0.463 e. The van der Waals surface area contributed by atoms with Crippen molar-refractivity contribution >= 4 is 40.9 Å². The van der Waals surface area contributed by atoms with Crippen molar-refractivity contribution in [2.75, 3.05) is 25.5 Å². The summed E-state index contributed by atoms with van der Waals surface area (Å²) in [4.78, 5) is 23.5. The molecule has 0 saturated carbocycles. The van der Waals surface area contributed by atoms with Crippen LogP contribution in [-0.4, -0.2) is 32.1 Å². The molecule has 6 nitrogen and oxygen atoms in total. The Kier molecular flexibility index (Phi) is 6.23. The molecule has 0 radical (unpaired) electrons. The number of amides is 1. The van der Waals surface area contributed by atoms with Crippen molar-refractivity contribution in [1.82, 2.24) is 5.32 Å². The Hall–Kier alpha value is -2.05. The van der Waals surface area contributed by atoms with E-state index in [0.29, 0.717) is 23.6 Å². The van der Waals surface area contributed by atoms with Gasteiger partial charge in [-0.25, -0.2) is 4.79 Å². The Balaban J connectivity index is 0.00000208. The highest BCUT2D eigenvalue weighted by molar-refractivity contribution is 5.96. The number of hydrogen-bond acceptors (Lipinski definition) is 5. The van der Waals surface area contributed by atoms with Gasteiger partial charge in [0.05, 0.1) is 7.11 Å². The summed E-state index contributed by atoms with van der Waals surface area (Å²) < 4.78 is 10.0. The number of anilines is 1. The van der Waals surface area contributed by atoms with Gasteiger partial charge in [-0.15, -0.1) is 12.4 Å². The number of halogens is 1. The van der Waals surface area contributed by atoms with Crippen LogP contribution in [0.4, 0.5) is 5.69 Å². The monoisotopic (exact) mass is 352 g/mol. The number of rotatable bonds is 5. The number of esters is 1. The SMILES string of the molecule is COC(=O)c1cc2cc(NC(=O)CCC3CCNC3)ccc2o1.Cl. The molecular formula is C17H21ClN2O4. The molecule has 3 rings (SSSR count). The Morgan fingerprint density at radius 2 is 2.21 bits per heavy atom. The number of benzene rings is 1. The second-order valence-corrected chi connectivity index (χ2v) is 5.80. The predicted octanol–water partition coefficient (Wildman–Crippen LogP) is 2.97. The molecule has 2 heterocycles. The van der Waals surface area contributed by atoms with E-state index in [4.69, 9.17) is 4.42 Å². The van der Waals surface area contributed by atoms with Gasteiger partial charge in [-0.05, 0) is 56.1 Å². The minimum atomic E-state index is -0.517. The Bertz CT molecular complexity index is 722. The Labute approximate surface area is 146 Å². The molecule has 0 aliphatic carbocycles. The van der Waals surface area contributed by atoms with Crippen LogP contribution in [0.2, 0.25) is 0 Å². The number of fused-ring (bicyclic) bond motifs is 1. The lowest BCUT2D eigenvalue weighted by Crippen LogP contribution is -2.14. The molecule has 1 unspecified atom stereocenters. The topological polar surface area (TPSA) is 80.6 Å². The number of carbonyl (C=O) groups is 2. The van der Waals surface area contributed by atoms with Gasteiger partial charge in [0.15, 0.2) is 0 Å². The van der Waals surface area contributed by atoms with Crippen LogP contribution in [0.25, 0.3) is 11.0 Å². The fraction of sp³-hybridized carbons (Fsp3) is 0.412. The van der Waals surface area contributed by atoms with Crippen LogP contribution in [0, 0.1) is 5.92 Å². The molecule has 7 heteroatoms. The zero-order chi connectivity index (χ0) is 16.2. The van der Waals surface area contributed by atoms with Crippen LogP contribution in [-0.2, 0) is 9.53 Å². The van der Waals surface area contributed by atoms with Crippen LogP contribution in [0.1, 0.15) is 29.8 Å². The fourth-order valence-electron chi connectivity index (χ4n) is 2.84. The van der Waals surface area contributed by atoms with Crippen LogP contribution >= 0.6 is 12.4 Å². The van der Waals surface area contributed by atoms with Crippen molar-refractivity contribution in [2.24, 2.45) is 5.92 Å². The first-order chi connectivity index (χ1) is 11.2. The van der Waals surface area contributed by atoms with Crippen molar-refractivity contribution in [3.8, 4) is 0 Å². The van der Waals surface area contributed by atoms with Crippen LogP contribution in [0.5, 0.6) is 0 Å². The number of furan rings is 1. The van der Waals surface area contributed by atoms with Crippen molar-refractivity contribution in [1.29, 1.82) is 0 Å². The fourth-order valence-corrected chi connectivity index (χ4v) is 2.84. The van der Waals surface area contributed by atoms with Gasteiger partial charge in [0.1, 0.15) is 5.58 Å². The van der Waals surface area contributed by atoms with E-state index in [0.717, 1.165) is 31.3 Å². The third-order valence-corrected chi connectivity index (χ3v) is 4.13. The molecule has 130 valence electrons. The molecule has 1 aromatic carbocycles. The average molecular weight is 353 g/mol. The van der Waals surface area contributed by atoms with Gasteiger partial charge in [-0.3, -0.25) is 4.79 Å². The number of carbonyl (C=O) groups excluding carboxylic acids is 2. The standard InChI is InChI=1S/C17H20N2O4.ClH/c1-22-17(21)15-9-12-8-13(3-4-14(12)23-15)19-16(20)5-2-11-6-7-18-10-11;/h3-4,8-9,11,18H,2,5-7,10H2,1H3,(H,19,20);1H. The number of ether oxygens (including phenoxy) is 1. The lowest BCUT2D eigenvalue weighted by atomic mass is 10.0. The average Bonchev–Trinajstić information content (AvgIpc) is 3.21. The van der Waals surface area contributed by atoms with E-state index in [1.807, 2.05) is 0 Å².